The molecule has 0 radical (unpaired) electrons. The number of unbranched alkanes of at least 4 members (excludes halogenated alkanes) is 20. The van der Waals surface area contributed by atoms with Crippen LogP contribution in [0, 0.1) is 0 Å². The van der Waals surface area contributed by atoms with Crippen LogP contribution in [-0.4, -0.2) is 89.1 Å². The Morgan fingerprint density at radius 3 is 1.44 bits per heavy atom. The summed E-state index contributed by atoms with van der Waals surface area (Å²) in [6.07, 6.45) is 20.1. The summed E-state index contributed by atoms with van der Waals surface area (Å²) in [5, 5.41) is 47.3. The van der Waals surface area contributed by atoms with Gasteiger partial charge in [-0.05, 0) is 19.3 Å². The van der Waals surface area contributed by atoms with Crippen molar-refractivity contribution in [3.8, 4) is 0 Å². The molecule has 0 aromatic heterocycles. The molecule has 5 N–H and O–H groups in total. The normalized spacial score (nSPS) is 14.0. The molecule has 0 aromatic rings. The Hall–Kier alpha value is -1.28. The van der Waals surface area contributed by atoms with Crippen molar-refractivity contribution >= 4 is 19.3 Å². The van der Waals surface area contributed by atoms with Gasteiger partial charge >= 0.3 is 19.3 Å². The number of esters is 2. The van der Waals surface area contributed by atoms with E-state index in [2.05, 4.69) is 13.8 Å². The quantitative estimate of drug-likeness (QED) is 0.0217. The maximum Gasteiger partial charge on any atom is 0.634 e. The summed E-state index contributed by atoms with van der Waals surface area (Å²) in [6, 6.07) is 0. The van der Waals surface area contributed by atoms with Crippen LogP contribution in [0.4, 0.5) is 0 Å². The molecule has 0 aromatic carbocycles. The minimum Gasteiger partial charge on any atom is -0.462 e. The smallest absolute Gasteiger partial charge is 0.462 e. The summed E-state index contributed by atoms with van der Waals surface area (Å²) in [4.78, 5) is 25.3. The average molecular weight is 691 g/mol. The Labute approximate surface area is 291 Å². The van der Waals surface area contributed by atoms with E-state index in [4.69, 9.17) is 24.0 Å². The van der Waals surface area contributed by atoms with Gasteiger partial charge in [-0.15, -0.1) is 0 Å². The molecule has 0 saturated heterocycles. The van der Waals surface area contributed by atoms with Crippen LogP contribution in [0.1, 0.15) is 174 Å². The fourth-order valence-electron chi connectivity index (χ4n) is 5.56. The Bertz CT molecular complexity index is 728. The third kappa shape index (κ3) is 29.6. The van der Waals surface area contributed by atoms with Crippen LogP contribution < -0.4 is 0 Å². The molecule has 4 unspecified atom stereocenters. The fraction of sp³-hybridized carbons (Fsp3) is 0.944. The second-order valence-electron chi connectivity index (χ2n) is 13.1. The zero-order chi connectivity index (χ0) is 35.7. The van der Waals surface area contributed by atoms with E-state index in [1.165, 1.54) is 89.9 Å². The molecule has 0 aliphatic rings. The zero-order valence-electron chi connectivity index (χ0n) is 30.4. The highest BCUT2D eigenvalue weighted by molar-refractivity contribution is 6.32. The van der Waals surface area contributed by atoms with Gasteiger partial charge in [0.05, 0.1) is 19.3 Å². The maximum absolute atomic E-state index is 12.7. The minimum atomic E-state index is -2.21. The highest BCUT2D eigenvalue weighted by atomic mass is 16.7. The Morgan fingerprint density at radius 1 is 0.604 bits per heavy atom. The monoisotopic (exact) mass is 691 g/mol. The van der Waals surface area contributed by atoms with Gasteiger partial charge in [0, 0.05) is 12.8 Å². The topological polar surface area (TPSA) is 172 Å². The van der Waals surface area contributed by atoms with Gasteiger partial charge in [0.15, 0.2) is 12.4 Å². The van der Waals surface area contributed by atoms with Crippen LogP contribution in [0.25, 0.3) is 0 Å². The lowest BCUT2D eigenvalue weighted by molar-refractivity contribution is -0.180. The van der Waals surface area contributed by atoms with Gasteiger partial charge in [-0.3, -0.25) is 9.59 Å². The lowest BCUT2D eigenvalue weighted by Gasteiger charge is -2.28. The largest absolute Gasteiger partial charge is 0.634 e. The number of rotatable bonds is 36. The van der Waals surface area contributed by atoms with Crippen LogP contribution in [0.15, 0.2) is 0 Å². The first-order chi connectivity index (χ1) is 23.2. The predicted octanol–water partition coefficient (Wildman–Crippen LogP) is 6.28. The molecule has 0 aliphatic carbocycles. The molecule has 284 valence electrons. The number of aliphatic hydroxyl groups excluding tert-OH is 3. The van der Waals surface area contributed by atoms with Gasteiger partial charge < -0.3 is 44.2 Å². The van der Waals surface area contributed by atoms with Gasteiger partial charge in [-0.1, -0.05) is 142 Å². The molecular weight excluding hydrogens is 619 g/mol. The van der Waals surface area contributed by atoms with E-state index in [0.717, 1.165) is 38.5 Å². The molecule has 11 nitrogen and oxygen atoms in total. The molecule has 0 spiro atoms. The fourth-order valence-corrected chi connectivity index (χ4v) is 5.56. The van der Waals surface area contributed by atoms with E-state index in [1.54, 1.807) is 0 Å². The number of hydrogen-bond donors (Lipinski definition) is 5. The summed E-state index contributed by atoms with van der Waals surface area (Å²) >= 11 is 0. The van der Waals surface area contributed by atoms with Gasteiger partial charge in [0.25, 0.3) is 0 Å². The third-order valence-corrected chi connectivity index (χ3v) is 8.58. The van der Waals surface area contributed by atoms with Gasteiger partial charge in [-0.25, -0.2) is 0 Å². The van der Waals surface area contributed by atoms with Crippen molar-refractivity contribution in [2.75, 3.05) is 19.8 Å². The molecule has 0 heterocycles. The van der Waals surface area contributed by atoms with E-state index >= 15 is 0 Å². The minimum absolute atomic E-state index is 0.0980. The SMILES string of the molecule is CCCCCCCCCCCCCCCC(=O)OCC(OC(=O)CCCCCCCCCCC)C(CCOC(O)C(O)CO)OB(O)O. The predicted molar refractivity (Wildman–Crippen MR) is 188 cm³/mol. The molecule has 0 aliphatic heterocycles. The van der Waals surface area contributed by atoms with Crippen molar-refractivity contribution < 1.29 is 53.8 Å². The van der Waals surface area contributed by atoms with Crippen molar-refractivity contribution in [1.29, 1.82) is 0 Å². The van der Waals surface area contributed by atoms with Crippen molar-refractivity contribution in [3.05, 3.63) is 0 Å². The average Bonchev–Trinajstić information content (AvgIpc) is 3.06. The molecule has 0 fully saturated rings. The Kier molecular flexibility index (Phi) is 33.3. The number of hydrogen-bond acceptors (Lipinski definition) is 11. The summed E-state index contributed by atoms with van der Waals surface area (Å²) in [6.45, 7) is 3.12. The molecule has 0 amide bonds. The van der Waals surface area contributed by atoms with Crippen LogP contribution in [0.3, 0.4) is 0 Å². The van der Waals surface area contributed by atoms with Gasteiger partial charge in [0.1, 0.15) is 12.7 Å². The summed E-state index contributed by atoms with van der Waals surface area (Å²) in [5.74, 6) is -0.965. The number of carbonyl (C=O) groups is 2. The van der Waals surface area contributed by atoms with E-state index in [1.807, 2.05) is 0 Å². The third-order valence-electron chi connectivity index (χ3n) is 8.58. The second-order valence-corrected chi connectivity index (χ2v) is 13.1. The summed E-state index contributed by atoms with van der Waals surface area (Å²) < 4.78 is 21.3. The van der Waals surface area contributed by atoms with E-state index in [0.29, 0.717) is 12.8 Å². The van der Waals surface area contributed by atoms with E-state index < -0.39 is 50.5 Å². The Balaban J connectivity index is 4.71. The van der Waals surface area contributed by atoms with Crippen LogP contribution >= 0.6 is 0 Å². The maximum atomic E-state index is 12.7. The number of aliphatic hydroxyl groups is 3. The highest BCUT2D eigenvalue weighted by Crippen LogP contribution is 2.17. The summed E-state index contributed by atoms with van der Waals surface area (Å²) in [7, 11) is -2.21. The van der Waals surface area contributed by atoms with Crippen molar-refractivity contribution in [2.45, 2.75) is 199 Å². The van der Waals surface area contributed by atoms with Crippen LogP contribution in [-0.2, 0) is 28.5 Å². The second kappa shape index (κ2) is 34.2. The molecular formula is C36H71BO11. The lowest BCUT2D eigenvalue weighted by atomic mass is 10.0. The first-order valence-electron chi connectivity index (χ1n) is 19.2. The molecule has 0 rings (SSSR count). The number of ether oxygens (including phenoxy) is 3. The van der Waals surface area contributed by atoms with Gasteiger partial charge in [0.2, 0.25) is 0 Å². The molecule has 0 saturated carbocycles. The Morgan fingerprint density at radius 2 is 1.02 bits per heavy atom. The van der Waals surface area contributed by atoms with Crippen molar-refractivity contribution in [2.24, 2.45) is 0 Å². The standard InChI is InChI=1S/C36H71BO11/c1-3-5-7-9-11-13-14-15-16-18-19-21-23-25-34(40)46-30-33(32(48-37(43)44)27-28-45-36(42)31(39)29-38)47-35(41)26-24-22-20-17-12-10-8-6-4-2/h31-33,36,38-39,42-44H,3-30H2,1-2H3. The van der Waals surface area contributed by atoms with Gasteiger partial charge in [-0.2, -0.15) is 0 Å². The van der Waals surface area contributed by atoms with Crippen molar-refractivity contribution in [1.82, 2.24) is 0 Å². The van der Waals surface area contributed by atoms with E-state index in [9.17, 15) is 29.9 Å². The lowest BCUT2D eigenvalue weighted by Crippen LogP contribution is -2.42. The molecule has 0 bridgehead atoms. The molecule has 4 atom stereocenters. The van der Waals surface area contributed by atoms with Crippen LogP contribution in [0.5, 0.6) is 0 Å². The number of carbonyl (C=O) groups excluding carboxylic acids is 2. The molecule has 12 heteroatoms. The zero-order valence-corrected chi connectivity index (χ0v) is 30.4. The first kappa shape index (κ1) is 46.7. The van der Waals surface area contributed by atoms with Crippen LogP contribution in [0.2, 0.25) is 0 Å². The first-order valence-corrected chi connectivity index (χ1v) is 19.2. The van der Waals surface area contributed by atoms with E-state index in [-0.39, 0.29) is 32.5 Å². The summed E-state index contributed by atoms with van der Waals surface area (Å²) in [5.41, 5.74) is 0. The molecule has 48 heavy (non-hydrogen) atoms. The highest BCUT2D eigenvalue weighted by Gasteiger charge is 2.31. The van der Waals surface area contributed by atoms with Crippen molar-refractivity contribution in [3.63, 3.8) is 0 Å².